The molecule has 3 N–H and O–H groups in total. The fraction of sp³-hybridized carbons (Fsp3) is 0.0667. The molecule has 2 aromatic carbocycles. The number of nitrogens with two attached hydrogens (primary N) is 1. The van der Waals surface area contributed by atoms with Crippen molar-refractivity contribution in [3.05, 3.63) is 47.5 Å². The smallest absolute Gasteiger partial charge is 0.222 e. The highest BCUT2D eigenvalue weighted by atomic mass is 35.5. The lowest BCUT2D eigenvalue weighted by atomic mass is 10.2. The maximum Gasteiger partial charge on any atom is 0.222 e. The Labute approximate surface area is 126 Å². The van der Waals surface area contributed by atoms with Crippen molar-refractivity contribution in [3.63, 3.8) is 0 Å². The van der Waals surface area contributed by atoms with Crippen molar-refractivity contribution in [1.29, 1.82) is 0 Å². The van der Waals surface area contributed by atoms with Gasteiger partial charge in [0.2, 0.25) is 5.95 Å². The lowest BCUT2D eigenvalue weighted by Gasteiger charge is -2.11. The van der Waals surface area contributed by atoms with Crippen LogP contribution in [0.25, 0.3) is 10.9 Å². The average molecular weight is 301 g/mol. The molecule has 0 aliphatic rings. The fourth-order valence-corrected chi connectivity index (χ4v) is 2.33. The van der Waals surface area contributed by atoms with Gasteiger partial charge in [-0.25, -0.2) is 4.98 Å². The van der Waals surface area contributed by atoms with Crippen molar-refractivity contribution in [2.45, 2.75) is 0 Å². The van der Waals surface area contributed by atoms with E-state index in [4.69, 9.17) is 22.1 Å². The van der Waals surface area contributed by atoms with Gasteiger partial charge in [-0.1, -0.05) is 23.7 Å². The Morgan fingerprint density at radius 3 is 2.71 bits per heavy atom. The number of nitrogens with one attached hydrogen (secondary N) is 1. The van der Waals surface area contributed by atoms with E-state index in [1.165, 1.54) is 0 Å². The third-order valence-electron chi connectivity index (χ3n) is 3.04. The molecule has 5 nitrogen and oxygen atoms in total. The largest absolute Gasteiger partial charge is 0.495 e. The molecule has 0 saturated heterocycles. The van der Waals surface area contributed by atoms with Crippen molar-refractivity contribution in [1.82, 2.24) is 9.97 Å². The second-order valence-electron chi connectivity index (χ2n) is 4.42. The first-order valence-corrected chi connectivity index (χ1v) is 6.68. The molecule has 0 atom stereocenters. The van der Waals surface area contributed by atoms with E-state index >= 15 is 0 Å². The molecule has 0 radical (unpaired) electrons. The number of benzene rings is 2. The van der Waals surface area contributed by atoms with Gasteiger partial charge in [-0.15, -0.1) is 0 Å². The minimum absolute atomic E-state index is 0.218. The number of para-hydroxylation sites is 1. The molecule has 0 saturated carbocycles. The number of hydrogen-bond donors (Lipinski definition) is 2. The Balaban J connectivity index is 2.03. The molecule has 0 aliphatic heterocycles. The molecule has 0 unspecified atom stereocenters. The van der Waals surface area contributed by atoms with Crippen LogP contribution in [0.1, 0.15) is 0 Å². The minimum atomic E-state index is 0.218. The summed E-state index contributed by atoms with van der Waals surface area (Å²) in [5.41, 5.74) is 7.33. The first-order chi connectivity index (χ1) is 10.2. The molecule has 0 fully saturated rings. The number of nitrogens with zero attached hydrogens (tertiary/aromatic N) is 2. The van der Waals surface area contributed by atoms with Gasteiger partial charge in [0.05, 0.1) is 17.6 Å². The highest BCUT2D eigenvalue weighted by molar-refractivity contribution is 6.32. The van der Waals surface area contributed by atoms with Gasteiger partial charge in [0, 0.05) is 11.1 Å². The Morgan fingerprint density at radius 1 is 1.14 bits per heavy atom. The predicted molar refractivity (Wildman–Crippen MR) is 85.2 cm³/mol. The monoisotopic (exact) mass is 300 g/mol. The van der Waals surface area contributed by atoms with Gasteiger partial charge in [-0.05, 0) is 30.3 Å². The summed E-state index contributed by atoms with van der Waals surface area (Å²) in [4.78, 5) is 8.45. The third-order valence-corrected chi connectivity index (χ3v) is 3.33. The summed E-state index contributed by atoms with van der Waals surface area (Å²) in [7, 11) is 1.58. The normalized spacial score (nSPS) is 10.6. The molecule has 1 aromatic heterocycles. The lowest BCUT2D eigenvalue weighted by molar-refractivity contribution is 0.415. The predicted octanol–water partition coefficient (Wildman–Crippen LogP) is 3.62. The number of rotatable bonds is 3. The van der Waals surface area contributed by atoms with Crippen molar-refractivity contribution < 1.29 is 4.74 Å². The SMILES string of the molecule is COc1ccc(Nc2nc(N)nc3ccccc23)cc1Cl. The molecule has 106 valence electrons. The van der Waals surface area contributed by atoms with Crippen LogP contribution < -0.4 is 15.8 Å². The van der Waals surface area contributed by atoms with E-state index in [1.54, 1.807) is 19.2 Å². The fourth-order valence-electron chi connectivity index (χ4n) is 2.07. The highest BCUT2D eigenvalue weighted by Gasteiger charge is 2.07. The van der Waals surface area contributed by atoms with Crippen LogP contribution in [0.3, 0.4) is 0 Å². The Morgan fingerprint density at radius 2 is 1.95 bits per heavy atom. The summed E-state index contributed by atoms with van der Waals surface area (Å²) in [6.07, 6.45) is 0. The van der Waals surface area contributed by atoms with Crippen LogP contribution in [0.2, 0.25) is 5.02 Å². The molecule has 21 heavy (non-hydrogen) atoms. The van der Waals surface area contributed by atoms with Gasteiger partial charge in [-0.2, -0.15) is 4.98 Å². The van der Waals surface area contributed by atoms with Crippen LogP contribution in [-0.4, -0.2) is 17.1 Å². The van der Waals surface area contributed by atoms with Gasteiger partial charge >= 0.3 is 0 Å². The maximum absolute atomic E-state index is 6.12. The van der Waals surface area contributed by atoms with Crippen molar-refractivity contribution in [2.24, 2.45) is 0 Å². The van der Waals surface area contributed by atoms with Crippen LogP contribution in [0.4, 0.5) is 17.5 Å². The number of methoxy groups -OCH3 is 1. The number of aromatic nitrogens is 2. The molecule has 0 aliphatic carbocycles. The lowest BCUT2D eigenvalue weighted by Crippen LogP contribution is -2.01. The second kappa shape index (κ2) is 5.46. The average Bonchev–Trinajstić information content (AvgIpc) is 2.47. The topological polar surface area (TPSA) is 73.1 Å². The molecule has 6 heteroatoms. The molecule has 3 aromatic rings. The van der Waals surface area contributed by atoms with Crippen LogP contribution >= 0.6 is 11.6 Å². The summed E-state index contributed by atoms with van der Waals surface area (Å²) in [5.74, 6) is 1.48. The van der Waals surface area contributed by atoms with Gasteiger partial charge < -0.3 is 15.8 Å². The maximum atomic E-state index is 6.12. The van der Waals surface area contributed by atoms with Crippen LogP contribution in [0, 0.1) is 0 Å². The quantitative estimate of drug-likeness (QED) is 0.773. The Kier molecular flexibility index (Phi) is 3.50. The summed E-state index contributed by atoms with van der Waals surface area (Å²) in [6.45, 7) is 0. The van der Waals surface area contributed by atoms with E-state index in [-0.39, 0.29) is 5.95 Å². The van der Waals surface area contributed by atoms with E-state index in [1.807, 2.05) is 30.3 Å². The number of ether oxygens (including phenoxy) is 1. The van der Waals surface area contributed by atoms with Crippen LogP contribution in [0.5, 0.6) is 5.75 Å². The van der Waals surface area contributed by atoms with Gasteiger partial charge in [0.15, 0.2) is 0 Å². The molecule has 0 spiro atoms. The molecule has 0 bridgehead atoms. The van der Waals surface area contributed by atoms with Crippen LogP contribution in [0.15, 0.2) is 42.5 Å². The number of fused-ring (bicyclic) bond motifs is 1. The zero-order valence-corrected chi connectivity index (χ0v) is 12.1. The zero-order valence-electron chi connectivity index (χ0n) is 11.3. The molecular weight excluding hydrogens is 288 g/mol. The van der Waals surface area contributed by atoms with Crippen molar-refractivity contribution in [2.75, 3.05) is 18.2 Å². The van der Waals surface area contributed by atoms with E-state index in [9.17, 15) is 0 Å². The zero-order chi connectivity index (χ0) is 14.8. The Hall–Kier alpha value is -2.53. The van der Waals surface area contributed by atoms with E-state index in [0.29, 0.717) is 16.6 Å². The summed E-state index contributed by atoms with van der Waals surface area (Å²) >= 11 is 6.12. The molecular formula is C15H13ClN4O. The summed E-state index contributed by atoms with van der Waals surface area (Å²) in [5, 5.41) is 4.62. The van der Waals surface area contributed by atoms with Gasteiger partial charge in [0.1, 0.15) is 11.6 Å². The minimum Gasteiger partial charge on any atom is -0.495 e. The van der Waals surface area contributed by atoms with Crippen molar-refractivity contribution in [3.8, 4) is 5.75 Å². The number of anilines is 3. The number of halogens is 1. The Bertz CT molecular complexity index is 807. The number of nitrogen functional groups attached to an aromatic ring is 1. The van der Waals surface area contributed by atoms with E-state index in [0.717, 1.165) is 16.6 Å². The highest BCUT2D eigenvalue weighted by Crippen LogP contribution is 2.30. The van der Waals surface area contributed by atoms with Gasteiger partial charge in [0.25, 0.3) is 0 Å². The standard InChI is InChI=1S/C15H13ClN4O/c1-21-13-7-6-9(8-11(13)16)18-14-10-4-2-3-5-12(10)19-15(17)20-14/h2-8H,1H3,(H3,17,18,19,20). The first kappa shape index (κ1) is 13.5. The number of hydrogen-bond acceptors (Lipinski definition) is 5. The van der Waals surface area contributed by atoms with E-state index in [2.05, 4.69) is 15.3 Å². The third kappa shape index (κ3) is 2.68. The first-order valence-electron chi connectivity index (χ1n) is 6.30. The van der Waals surface area contributed by atoms with E-state index < -0.39 is 0 Å². The summed E-state index contributed by atoms with van der Waals surface area (Å²) in [6, 6.07) is 13.1. The molecule has 0 amide bonds. The summed E-state index contributed by atoms with van der Waals surface area (Å²) < 4.78 is 5.13. The van der Waals surface area contributed by atoms with Crippen molar-refractivity contribution >= 4 is 40.0 Å². The van der Waals surface area contributed by atoms with Crippen LogP contribution in [-0.2, 0) is 0 Å². The molecule has 1 heterocycles. The second-order valence-corrected chi connectivity index (χ2v) is 4.83. The van der Waals surface area contributed by atoms with Gasteiger partial charge in [-0.3, -0.25) is 0 Å². The molecule has 3 rings (SSSR count).